The molecule has 0 bridgehead atoms. The van der Waals surface area contributed by atoms with E-state index in [1.807, 2.05) is 29.2 Å². The molecule has 3 aliphatic carbocycles. The molecule has 3 unspecified atom stereocenters. The molecule has 1 aliphatic heterocycles. The second-order valence-electron chi connectivity index (χ2n) is 10.5. The van der Waals surface area contributed by atoms with Crippen molar-refractivity contribution < 1.29 is 24.2 Å². The summed E-state index contributed by atoms with van der Waals surface area (Å²) in [7, 11) is 0. The minimum Gasteiger partial charge on any atom is -0.481 e. The maximum Gasteiger partial charge on any atom is 0.407 e. The van der Waals surface area contributed by atoms with Gasteiger partial charge in [-0.25, -0.2) is 4.79 Å². The van der Waals surface area contributed by atoms with Crippen molar-refractivity contribution >= 4 is 18.0 Å². The Hall–Kier alpha value is -3.35. The summed E-state index contributed by atoms with van der Waals surface area (Å²) in [4.78, 5) is 38.2. The summed E-state index contributed by atoms with van der Waals surface area (Å²) in [6.45, 7) is 1.54. The SMILES string of the molecule is O=C(NC1CC(CC(=O)N2CCC3C(C2)C3C(=O)O)C1)OCC1c2ccccc2-c2ccccc21. The number of rotatable bonds is 6. The molecule has 0 radical (unpaired) electrons. The molecule has 2 N–H and O–H groups in total. The maximum absolute atomic E-state index is 12.7. The van der Waals surface area contributed by atoms with Gasteiger partial charge in [0.1, 0.15) is 6.61 Å². The molecule has 6 rings (SSSR count). The zero-order valence-electron chi connectivity index (χ0n) is 19.6. The van der Waals surface area contributed by atoms with Gasteiger partial charge in [-0.3, -0.25) is 9.59 Å². The number of carboxylic acid groups (broad SMARTS) is 1. The van der Waals surface area contributed by atoms with Crippen LogP contribution in [0.4, 0.5) is 4.79 Å². The van der Waals surface area contributed by atoms with E-state index < -0.39 is 12.1 Å². The highest BCUT2D eigenvalue weighted by Gasteiger charge is 2.57. The zero-order chi connectivity index (χ0) is 24.1. The number of carboxylic acids is 1. The number of nitrogens with zero attached hydrogens (tertiary/aromatic N) is 1. The third-order valence-corrected chi connectivity index (χ3v) is 8.50. The topological polar surface area (TPSA) is 95.9 Å². The van der Waals surface area contributed by atoms with Gasteiger partial charge in [-0.2, -0.15) is 0 Å². The van der Waals surface area contributed by atoms with Crippen molar-refractivity contribution in [2.45, 2.75) is 37.6 Å². The van der Waals surface area contributed by atoms with Gasteiger partial charge in [0.2, 0.25) is 5.91 Å². The first-order chi connectivity index (χ1) is 17.0. The van der Waals surface area contributed by atoms with Crippen molar-refractivity contribution in [2.24, 2.45) is 23.7 Å². The Balaban J connectivity index is 0.949. The third kappa shape index (κ3) is 4.07. The predicted octanol–water partition coefficient (Wildman–Crippen LogP) is 3.87. The number of aliphatic carboxylic acids is 1. The molecule has 35 heavy (non-hydrogen) atoms. The molecule has 7 nitrogen and oxygen atoms in total. The Labute approximate surface area is 204 Å². The normalized spacial score (nSPS) is 28.2. The first-order valence-corrected chi connectivity index (χ1v) is 12.6. The van der Waals surface area contributed by atoms with Gasteiger partial charge >= 0.3 is 12.1 Å². The number of alkyl carbamates (subject to hydrolysis) is 1. The van der Waals surface area contributed by atoms with E-state index in [0.717, 1.165) is 19.3 Å². The van der Waals surface area contributed by atoms with Crippen LogP contribution >= 0.6 is 0 Å². The van der Waals surface area contributed by atoms with Crippen molar-refractivity contribution in [3.05, 3.63) is 59.7 Å². The number of hydrogen-bond donors (Lipinski definition) is 2. The molecule has 4 aliphatic rings. The third-order valence-electron chi connectivity index (χ3n) is 8.50. The highest BCUT2D eigenvalue weighted by Crippen LogP contribution is 2.52. The second-order valence-corrected chi connectivity index (χ2v) is 10.5. The van der Waals surface area contributed by atoms with E-state index in [4.69, 9.17) is 4.74 Å². The summed E-state index contributed by atoms with van der Waals surface area (Å²) < 4.78 is 5.63. The lowest BCUT2D eigenvalue weighted by atomic mass is 9.78. The van der Waals surface area contributed by atoms with Crippen LogP contribution in [-0.2, 0) is 14.3 Å². The molecule has 0 spiro atoms. The highest BCUT2D eigenvalue weighted by atomic mass is 16.5. The minimum absolute atomic E-state index is 0.0361. The van der Waals surface area contributed by atoms with Gasteiger partial charge in [0.05, 0.1) is 5.92 Å². The molecule has 1 heterocycles. The van der Waals surface area contributed by atoms with E-state index in [2.05, 4.69) is 29.6 Å². The number of likely N-dealkylation sites (tertiary alicyclic amines) is 1. The van der Waals surface area contributed by atoms with Crippen LogP contribution in [0.5, 0.6) is 0 Å². The van der Waals surface area contributed by atoms with Gasteiger partial charge in [0.15, 0.2) is 0 Å². The van der Waals surface area contributed by atoms with E-state index in [9.17, 15) is 19.5 Å². The summed E-state index contributed by atoms with van der Waals surface area (Å²) in [5, 5.41) is 12.2. The number of benzene rings is 2. The first kappa shape index (κ1) is 22.1. The first-order valence-electron chi connectivity index (χ1n) is 12.6. The highest BCUT2D eigenvalue weighted by molar-refractivity contribution is 5.80. The van der Waals surface area contributed by atoms with Gasteiger partial charge in [-0.05, 0) is 59.3 Å². The van der Waals surface area contributed by atoms with Crippen molar-refractivity contribution in [3.8, 4) is 11.1 Å². The molecule has 2 saturated carbocycles. The molecule has 2 amide bonds. The van der Waals surface area contributed by atoms with Crippen LogP contribution in [0.3, 0.4) is 0 Å². The van der Waals surface area contributed by atoms with Crippen LogP contribution in [-0.4, -0.2) is 53.7 Å². The van der Waals surface area contributed by atoms with Crippen molar-refractivity contribution in [3.63, 3.8) is 0 Å². The Morgan fingerprint density at radius 3 is 2.29 bits per heavy atom. The van der Waals surface area contributed by atoms with E-state index in [-0.39, 0.29) is 41.5 Å². The quantitative estimate of drug-likeness (QED) is 0.663. The number of carbonyl (C=O) groups excluding carboxylic acids is 2. The van der Waals surface area contributed by atoms with Crippen LogP contribution in [0.1, 0.15) is 42.7 Å². The van der Waals surface area contributed by atoms with E-state index >= 15 is 0 Å². The molecule has 7 heteroatoms. The molecule has 2 aromatic rings. The summed E-state index contributed by atoms with van der Waals surface area (Å²) in [5.41, 5.74) is 4.78. The van der Waals surface area contributed by atoms with Crippen LogP contribution in [0.15, 0.2) is 48.5 Å². The second kappa shape index (κ2) is 8.70. The van der Waals surface area contributed by atoms with Crippen molar-refractivity contribution in [1.82, 2.24) is 10.2 Å². The molecule has 3 fully saturated rings. The van der Waals surface area contributed by atoms with Gasteiger partial charge in [-0.15, -0.1) is 0 Å². The molecule has 182 valence electrons. The monoisotopic (exact) mass is 474 g/mol. The van der Waals surface area contributed by atoms with Crippen LogP contribution < -0.4 is 5.32 Å². The lowest BCUT2D eigenvalue weighted by Gasteiger charge is -2.37. The number of nitrogens with one attached hydrogen (secondary N) is 1. The van der Waals surface area contributed by atoms with E-state index in [1.165, 1.54) is 22.3 Å². The number of hydrogen-bond acceptors (Lipinski definition) is 4. The van der Waals surface area contributed by atoms with Gasteiger partial charge in [-0.1, -0.05) is 48.5 Å². The summed E-state index contributed by atoms with van der Waals surface area (Å²) in [5.74, 6) is -0.188. The average Bonchev–Trinajstić information content (AvgIpc) is 3.48. The fraction of sp³-hybridized carbons (Fsp3) is 0.464. The Bertz CT molecular complexity index is 1130. The van der Waals surface area contributed by atoms with Gasteiger partial charge in [0, 0.05) is 31.5 Å². The molecule has 3 atom stereocenters. The summed E-state index contributed by atoms with van der Waals surface area (Å²) in [6, 6.07) is 16.6. The fourth-order valence-corrected chi connectivity index (χ4v) is 6.53. The number of piperidine rings is 1. The van der Waals surface area contributed by atoms with E-state index in [0.29, 0.717) is 26.1 Å². The Morgan fingerprint density at radius 2 is 1.63 bits per heavy atom. The molecule has 2 aromatic carbocycles. The smallest absolute Gasteiger partial charge is 0.407 e. The Kier molecular flexibility index (Phi) is 5.50. The number of ether oxygens (including phenoxy) is 1. The van der Waals surface area contributed by atoms with Crippen LogP contribution in [0.25, 0.3) is 11.1 Å². The molecule has 1 saturated heterocycles. The average molecular weight is 475 g/mol. The minimum atomic E-state index is -0.726. The van der Waals surface area contributed by atoms with Crippen molar-refractivity contribution in [1.29, 1.82) is 0 Å². The van der Waals surface area contributed by atoms with Gasteiger partial charge < -0.3 is 20.1 Å². The van der Waals surface area contributed by atoms with E-state index in [1.54, 1.807) is 0 Å². The van der Waals surface area contributed by atoms with Crippen molar-refractivity contribution in [2.75, 3.05) is 19.7 Å². The van der Waals surface area contributed by atoms with Crippen LogP contribution in [0, 0.1) is 23.7 Å². The lowest BCUT2D eigenvalue weighted by molar-refractivity contribution is -0.139. The Morgan fingerprint density at radius 1 is 0.971 bits per heavy atom. The zero-order valence-corrected chi connectivity index (χ0v) is 19.6. The number of fused-ring (bicyclic) bond motifs is 4. The fourth-order valence-electron chi connectivity index (χ4n) is 6.53. The molecular weight excluding hydrogens is 444 g/mol. The maximum atomic E-state index is 12.7. The van der Waals surface area contributed by atoms with Gasteiger partial charge in [0.25, 0.3) is 0 Å². The largest absolute Gasteiger partial charge is 0.481 e. The molecule has 0 aromatic heterocycles. The standard InChI is InChI=1S/C28H30N2O5/c31-25(30-10-9-22-23(14-30)26(22)27(32)33)13-16-11-17(12-16)29-28(34)35-15-24-20-7-3-1-5-18(20)19-6-2-4-8-21(19)24/h1-8,16-17,22-24,26H,9-15H2,(H,29,34)(H,32,33). The number of carbonyl (C=O) groups is 3. The predicted molar refractivity (Wildman–Crippen MR) is 129 cm³/mol. The molecular formula is C28H30N2O5. The lowest BCUT2D eigenvalue weighted by Crippen LogP contribution is -2.46. The summed E-state index contributed by atoms with van der Waals surface area (Å²) in [6.07, 6.45) is 2.40. The summed E-state index contributed by atoms with van der Waals surface area (Å²) >= 11 is 0. The van der Waals surface area contributed by atoms with Crippen LogP contribution in [0.2, 0.25) is 0 Å². The number of amides is 2.